The van der Waals surface area contributed by atoms with Crippen molar-refractivity contribution >= 4 is 5.97 Å². The number of carbonyl (C=O) groups is 1. The lowest BCUT2D eigenvalue weighted by Gasteiger charge is -2.12. The van der Waals surface area contributed by atoms with Gasteiger partial charge in [0.05, 0.1) is 5.92 Å². The molecule has 3 heteroatoms. The van der Waals surface area contributed by atoms with Gasteiger partial charge in [-0.15, -0.1) is 0 Å². The zero-order valence-electron chi connectivity index (χ0n) is 9.56. The van der Waals surface area contributed by atoms with Crippen molar-refractivity contribution < 1.29 is 14.6 Å². The summed E-state index contributed by atoms with van der Waals surface area (Å²) in [5.74, 6) is -1.10. The van der Waals surface area contributed by atoms with E-state index in [1.54, 1.807) is 0 Å². The lowest BCUT2D eigenvalue weighted by molar-refractivity contribution is -0.142. The molecule has 1 unspecified atom stereocenters. The second-order valence-electron chi connectivity index (χ2n) is 3.71. The molecule has 0 aliphatic rings. The van der Waals surface area contributed by atoms with Crippen LogP contribution in [-0.4, -0.2) is 24.3 Å². The number of carboxylic acids is 1. The highest BCUT2D eigenvalue weighted by molar-refractivity contribution is 5.70. The first-order valence-corrected chi connectivity index (χ1v) is 5.58. The first-order chi connectivity index (χ1) is 7.74. The lowest BCUT2D eigenvalue weighted by atomic mass is 9.97. The van der Waals surface area contributed by atoms with Crippen LogP contribution in [0.2, 0.25) is 0 Å². The Balaban J connectivity index is 2.48. The predicted molar refractivity (Wildman–Crippen MR) is 62.4 cm³/mol. The van der Waals surface area contributed by atoms with Crippen LogP contribution in [0.15, 0.2) is 30.3 Å². The zero-order chi connectivity index (χ0) is 11.8. The number of carboxylic acid groups (broad SMARTS) is 1. The van der Waals surface area contributed by atoms with E-state index in [1.807, 2.05) is 37.3 Å². The van der Waals surface area contributed by atoms with Gasteiger partial charge in [0, 0.05) is 13.2 Å². The molecule has 0 bridgehead atoms. The Morgan fingerprint density at radius 3 is 2.62 bits per heavy atom. The topological polar surface area (TPSA) is 46.5 Å². The summed E-state index contributed by atoms with van der Waals surface area (Å²) in [6.07, 6.45) is 1.14. The molecule has 0 spiro atoms. The molecule has 0 saturated heterocycles. The standard InChI is InChI=1S/C13H18O3/c1-2-16-9-8-12(13(14)15)10-11-6-4-3-5-7-11/h3-7,12H,2,8-10H2,1H3,(H,14,15). The molecule has 3 nitrogen and oxygen atoms in total. The molecular weight excluding hydrogens is 204 g/mol. The largest absolute Gasteiger partial charge is 0.481 e. The normalized spacial score (nSPS) is 12.3. The molecule has 0 aliphatic carbocycles. The third-order valence-electron chi connectivity index (χ3n) is 2.49. The van der Waals surface area contributed by atoms with Crippen LogP contribution >= 0.6 is 0 Å². The monoisotopic (exact) mass is 222 g/mol. The minimum Gasteiger partial charge on any atom is -0.481 e. The Hall–Kier alpha value is -1.35. The van der Waals surface area contributed by atoms with Crippen molar-refractivity contribution in [1.82, 2.24) is 0 Å². The number of benzene rings is 1. The fourth-order valence-corrected chi connectivity index (χ4v) is 1.58. The minimum atomic E-state index is -0.747. The van der Waals surface area contributed by atoms with Crippen LogP contribution in [0.1, 0.15) is 18.9 Å². The van der Waals surface area contributed by atoms with Crippen LogP contribution in [0, 0.1) is 5.92 Å². The molecule has 0 radical (unpaired) electrons. The molecule has 16 heavy (non-hydrogen) atoms. The Kier molecular flexibility index (Phi) is 5.57. The Bertz CT molecular complexity index is 308. The first kappa shape index (κ1) is 12.7. The van der Waals surface area contributed by atoms with Crippen molar-refractivity contribution in [2.24, 2.45) is 5.92 Å². The minimum absolute atomic E-state index is 0.353. The van der Waals surface area contributed by atoms with E-state index in [0.717, 1.165) is 5.56 Å². The number of aliphatic carboxylic acids is 1. The summed E-state index contributed by atoms with van der Waals surface area (Å²) in [6.45, 7) is 3.06. The first-order valence-electron chi connectivity index (χ1n) is 5.58. The van der Waals surface area contributed by atoms with Gasteiger partial charge >= 0.3 is 5.97 Å². The van der Waals surface area contributed by atoms with Gasteiger partial charge in [0.1, 0.15) is 0 Å². The second kappa shape index (κ2) is 7.01. The van der Waals surface area contributed by atoms with E-state index < -0.39 is 5.97 Å². The van der Waals surface area contributed by atoms with E-state index in [2.05, 4.69) is 0 Å². The van der Waals surface area contributed by atoms with Crippen LogP contribution in [0.3, 0.4) is 0 Å². The maximum atomic E-state index is 11.0. The Labute approximate surface area is 96.1 Å². The van der Waals surface area contributed by atoms with Gasteiger partial charge in [0.15, 0.2) is 0 Å². The summed E-state index contributed by atoms with van der Waals surface area (Å²) in [4.78, 5) is 11.0. The Morgan fingerprint density at radius 2 is 2.06 bits per heavy atom. The quantitative estimate of drug-likeness (QED) is 0.720. The third-order valence-corrected chi connectivity index (χ3v) is 2.49. The summed E-state index contributed by atoms with van der Waals surface area (Å²) in [5.41, 5.74) is 1.06. The van der Waals surface area contributed by atoms with Gasteiger partial charge in [0.25, 0.3) is 0 Å². The summed E-state index contributed by atoms with van der Waals surface area (Å²) in [7, 11) is 0. The second-order valence-corrected chi connectivity index (χ2v) is 3.71. The van der Waals surface area contributed by atoms with E-state index >= 15 is 0 Å². The van der Waals surface area contributed by atoms with E-state index in [-0.39, 0.29) is 5.92 Å². The molecule has 0 saturated carbocycles. The van der Waals surface area contributed by atoms with Gasteiger partial charge in [-0.05, 0) is 25.3 Å². The predicted octanol–water partition coefficient (Wildman–Crippen LogP) is 2.36. The Morgan fingerprint density at radius 1 is 1.38 bits per heavy atom. The smallest absolute Gasteiger partial charge is 0.306 e. The molecular formula is C13H18O3. The molecule has 0 aromatic heterocycles. The lowest BCUT2D eigenvalue weighted by Crippen LogP contribution is -2.18. The van der Waals surface area contributed by atoms with E-state index in [1.165, 1.54) is 0 Å². The molecule has 1 aromatic rings. The molecule has 0 amide bonds. The van der Waals surface area contributed by atoms with Gasteiger partial charge in [0.2, 0.25) is 0 Å². The van der Waals surface area contributed by atoms with Gasteiger partial charge in [-0.3, -0.25) is 4.79 Å². The average molecular weight is 222 g/mol. The van der Waals surface area contributed by atoms with Crippen LogP contribution in [0.5, 0.6) is 0 Å². The highest BCUT2D eigenvalue weighted by atomic mass is 16.5. The SMILES string of the molecule is CCOCCC(Cc1ccccc1)C(=O)O. The van der Waals surface area contributed by atoms with Crippen molar-refractivity contribution in [3.8, 4) is 0 Å². The average Bonchev–Trinajstić information content (AvgIpc) is 2.29. The fourth-order valence-electron chi connectivity index (χ4n) is 1.58. The summed E-state index contributed by atoms with van der Waals surface area (Å²) >= 11 is 0. The van der Waals surface area contributed by atoms with Gasteiger partial charge in [-0.25, -0.2) is 0 Å². The number of hydrogen-bond acceptors (Lipinski definition) is 2. The highest BCUT2D eigenvalue weighted by Crippen LogP contribution is 2.12. The molecule has 1 rings (SSSR count). The number of hydrogen-bond donors (Lipinski definition) is 1. The maximum Gasteiger partial charge on any atom is 0.306 e. The summed E-state index contributed by atoms with van der Waals surface area (Å²) in [5, 5.41) is 9.08. The van der Waals surface area contributed by atoms with Crippen molar-refractivity contribution in [1.29, 1.82) is 0 Å². The van der Waals surface area contributed by atoms with Crippen molar-refractivity contribution in [2.45, 2.75) is 19.8 Å². The van der Waals surface area contributed by atoms with Crippen LogP contribution < -0.4 is 0 Å². The summed E-state index contributed by atoms with van der Waals surface area (Å²) in [6, 6.07) is 9.69. The molecule has 1 aromatic carbocycles. The summed E-state index contributed by atoms with van der Waals surface area (Å²) < 4.78 is 5.19. The van der Waals surface area contributed by atoms with Crippen LogP contribution in [-0.2, 0) is 16.0 Å². The van der Waals surface area contributed by atoms with E-state index in [0.29, 0.717) is 26.1 Å². The molecule has 0 heterocycles. The maximum absolute atomic E-state index is 11.0. The molecule has 0 aliphatic heterocycles. The zero-order valence-corrected chi connectivity index (χ0v) is 9.56. The van der Waals surface area contributed by atoms with Crippen molar-refractivity contribution in [3.63, 3.8) is 0 Å². The number of ether oxygens (including phenoxy) is 1. The van der Waals surface area contributed by atoms with Gasteiger partial charge in [-0.1, -0.05) is 30.3 Å². The third kappa shape index (κ3) is 4.45. The van der Waals surface area contributed by atoms with E-state index in [9.17, 15) is 4.79 Å². The highest BCUT2D eigenvalue weighted by Gasteiger charge is 2.17. The van der Waals surface area contributed by atoms with Gasteiger partial charge < -0.3 is 9.84 Å². The van der Waals surface area contributed by atoms with Crippen molar-refractivity contribution in [2.75, 3.05) is 13.2 Å². The van der Waals surface area contributed by atoms with Gasteiger partial charge in [-0.2, -0.15) is 0 Å². The molecule has 1 atom stereocenters. The van der Waals surface area contributed by atoms with Crippen LogP contribution in [0.4, 0.5) is 0 Å². The fraction of sp³-hybridized carbons (Fsp3) is 0.462. The van der Waals surface area contributed by atoms with E-state index in [4.69, 9.17) is 9.84 Å². The number of rotatable bonds is 7. The van der Waals surface area contributed by atoms with Crippen LogP contribution in [0.25, 0.3) is 0 Å². The molecule has 88 valence electrons. The molecule has 1 N–H and O–H groups in total. The van der Waals surface area contributed by atoms with Crippen molar-refractivity contribution in [3.05, 3.63) is 35.9 Å². The molecule has 0 fully saturated rings.